The Kier molecular flexibility index (Phi) is 4.70. The lowest BCUT2D eigenvalue weighted by atomic mass is 10.0. The fourth-order valence-electron chi connectivity index (χ4n) is 3.11. The second kappa shape index (κ2) is 7.47. The smallest absolute Gasteiger partial charge is 0.287 e. The Hall–Kier alpha value is -4.13. The minimum atomic E-state index is -0.538. The number of aryl methyl sites for hydroxylation is 1. The van der Waals surface area contributed by atoms with Crippen LogP contribution in [0.4, 0.5) is 11.5 Å². The van der Waals surface area contributed by atoms with E-state index < -0.39 is 4.92 Å². The van der Waals surface area contributed by atoms with Gasteiger partial charge in [-0.3, -0.25) is 14.9 Å². The number of amides is 1. The molecule has 0 radical (unpaired) electrons. The van der Waals surface area contributed by atoms with E-state index in [0.717, 1.165) is 17.3 Å². The molecule has 7 nitrogen and oxygen atoms in total. The summed E-state index contributed by atoms with van der Waals surface area (Å²) >= 11 is 0. The number of aromatic nitrogens is 2. The van der Waals surface area contributed by atoms with Crippen molar-refractivity contribution in [1.29, 1.82) is 0 Å². The van der Waals surface area contributed by atoms with E-state index in [0.29, 0.717) is 22.2 Å². The fraction of sp³-hybridized carbons (Fsp3) is 0.0455. The predicted octanol–water partition coefficient (Wildman–Crippen LogP) is 4.77. The van der Waals surface area contributed by atoms with Gasteiger partial charge in [0.25, 0.3) is 11.6 Å². The topological polar surface area (TPSA) is 98.0 Å². The molecule has 142 valence electrons. The minimum Gasteiger partial charge on any atom is -0.307 e. The van der Waals surface area contributed by atoms with Crippen molar-refractivity contribution in [3.8, 4) is 11.3 Å². The first-order valence-electron chi connectivity index (χ1n) is 8.90. The number of carbonyl (C=O) groups excluding carboxylic acids is 1. The molecule has 2 aromatic heterocycles. The Morgan fingerprint density at radius 2 is 1.79 bits per heavy atom. The maximum Gasteiger partial charge on any atom is 0.287 e. The second-order valence-corrected chi connectivity index (χ2v) is 6.50. The van der Waals surface area contributed by atoms with E-state index >= 15 is 0 Å². The second-order valence-electron chi connectivity index (χ2n) is 6.50. The zero-order chi connectivity index (χ0) is 20.4. The van der Waals surface area contributed by atoms with Crippen LogP contribution in [0.5, 0.6) is 0 Å². The highest BCUT2D eigenvalue weighted by Crippen LogP contribution is 2.27. The van der Waals surface area contributed by atoms with E-state index in [1.165, 1.54) is 12.1 Å². The molecule has 0 saturated carbocycles. The van der Waals surface area contributed by atoms with Gasteiger partial charge in [-0.1, -0.05) is 42.5 Å². The van der Waals surface area contributed by atoms with Crippen molar-refractivity contribution in [2.24, 2.45) is 0 Å². The summed E-state index contributed by atoms with van der Waals surface area (Å²) in [5, 5.41) is 14.2. The molecule has 0 fully saturated rings. The average molecular weight is 384 g/mol. The maximum atomic E-state index is 13.0. The highest BCUT2D eigenvalue weighted by molar-refractivity contribution is 6.12. The van der Waals surface area contributed by atoms with Crippen molar-refractivity contribution in [1.82, 2.24) is 9.97 Å². The monoisotopic (exact) mass is 384 g/mol. The molecule has 2 aromatic carbocycles. The molecule has 0 unspecified atom stereocenters. The molecule has 0 aliphatic carbocycles. The molecule has 29 heavy (non-hydrogen) atoms. The molecule has 0 aliphatic heterocycles. The van der Waals surface area contributed by atoms with E-state index in [1.54, 1.807) is 6.07 Å². The minimum absolute atomic E-state index is 0.140. The Bertz CT molecular complexity index is 1240. The van der Waals surface area contributed by atoms with Crippen molar-refractivity contribution in [2.75, 3.05) is 5.32 Å². The highest BCUT2D eigenvalue weighted by atomic mass is 16.6. The number of nitro groups is 1. The third kappa shape index (κ3) is 3.66. The van der Waals surface area contributed by atoms with Crippen LogP contribution < -0.4 is 5.32 Å². The molecular formula is C22H16N4O3. The molecule has 0 bridgehead atoms. The summed E-state index contributed by atoms with van der Waals surface area (Å²) < 4.78 is 0. The number of nitrogens with one attached hydrogen (secondary N) is 1. The van der Waals surface area contributed by atoms with Crippen LogP contribution in [-0.2, 0) is 0 Å². The first-order chi connectivity index (χ1) is 14.0. The third-order valence-corrected chi connectivity index (χ3v) is 4.58. The van der Waals surface area contributed by atoms with Gasteiger partial charge in [-0.05, 0) is 30.7 Å². The maximum absolute atomic E-state index is 13.0. The normalized spacial score (nSPS) is 10.7. The van der Waals surface area contributed by atoms with Gasteiger partial charge in [-0.2, -0.15) is 0 Å². The number of anilines is 1. The molecule has 7 heteroatoms. The Balaban J connectivity index is 1.76. The number of carbonyl (C=O) groups is 1. The highest BCUT2D eigenvalue weighted by Gasteiger charge is 2.16. The van der Waals surface area contributed by atoms with E-state index in [2.05, 4.69) is 10.3 Å². The molecule has 1 amide bonds. The van der Waals surface area contributed by atoms with Crippen LogP contribution in [-0.4, -0.2) is 20.8 Å². The zero-order valence-corrected chi connectivity index (χ0v) is 15.5. The van der Waals surface area contributed by atoms with Crippen LogP contribution in [0.25, 0.3) is 22.2 Å². The molecular weight excluding hydrogens is 368 g/mol. The van der Waals surface area contributed by atoms with Crippen molar-refractivity contribution in [2.45, 2.75) is 6.92 Å². The van der Waals surface area contributed by atoms with Crippen molar-refractivity contribution in [3.63, 3.8) is 0 Å². The number of rotatable bonds is 4. The summed E-state index contributed by atoms with van der Waals surface area (Å²) in [7, 11) is 0. The van der Waals surface area contributed by atoms with Crippen LogP contribution in [0.15, 0.2) is 72.9 Å². The van der Waals surface area contributed by atoms with Crippen LogP contribution >= 0.6 is 0 Å². The predicted molar refractivity (Wildman–Crippen MR) is 111 cm³/mol. The Morgan fingerprint density at radius 3 is 2.52 bits per heavy atom. The van der Waals surface area contributed by atoms with Crippen LogP contribution in [0.1, 0.15) is 15.9 Å². The van der Waals surface area contributed by atoms with Gasteiger partial charge in [0.1, 0.15) is 12.0 Å². The fourth-order valence-corrected chi connectivity index (χ4v) is 3.11. The summed E-state index contributed by atoms with van der Waals surface area (Å²) in [5.74, 6) is -0.126. The molecule has 0 atom stereocenters. The number of nitrogens with zero attached hydrogens (tertiary/aromatic N) is 3. The standard InChI is InChI=1S/C22H16N4O3/c1-14-6-2-3-7-16(14)20-12-18(17-8-4-5-9-19(17)24-20)22(27)25-21-11-10-15(13-23-21)26(28)29/h2-13H,1H3,(H,23,25,27). The van der Waals surface area contributed by atoms with Gasteiger partial charge in [-0.25, -0.2) is 9.97 Å². The summed E-state index contributed by atoms with van der Waals surface area (Å²) in [5.41, 5.74) is 3.71. The zero-order valence-electron chi connectivity index (χ0n) is 15.5. The van der Waals surface area contributed by atoms with Gasteiger partial charge < -0.3 is 5.32 Å². The quantitative estimate of drug-likeness (QED) is 0.404. The molecule has 4 rings (SSSR count). The number of benzene rings is 2. The third-order valence-electron chi connectivity index (χ3n) is 4.58. The SMILES string of the molecule is Cc1ccccc1-c1cc(C(=O)Nc2ccc([N+](=O)[O-])cn2)c2ccccc2n1. The summed E-state index contributed by atoms with van der Waals surface area (Å²) in [6.45, 7) is 1.99. The number of pyridine rings is 2. The van der Waals surface area contributed by atoms with Gasteiger partial charge in [0, 0.05) is 17.0 Å². The average Bonchev–Trinajstić information content (AvgIpc) is 2.73. The van der Waals surface area contributed by atoms with Crippen molar-refractivity contribution < 1.29 is 9.72 Å². The van der Waals surface area contributed by atoms with Gasteiger partial charge >= 0.3 is 0 Å². The summed E-state index contributed by atoms with van der Waals surface area (Å²) in [4.78, 5) is 31.9. The number of hydrogen-bond acceptors (Lipinski definition) is 5. The van der Waals surface area contributed by atoms with E-state index in [9.17, 15) is 14.9 Å². The van der Waals surface area contributed by atoms with Gasteiger partial charge in [0.15, 0.2) is 0 Å². The number of hydrogen-bond donors (Lipinski definition) is 1. The lowest BCUT2D eigenvalue weighted by molar-refractivity contribution is -0.385. The molecule has 0 spiro atoms. The molecule has 2 heterocycles. The molecule has 0 aliphatic rings. The Morgan fingerprint density at radius 1 is 1.03 bits per heavy atom. The number of para-hydroxylation sites is 1. The van der Waals surface area contributed by atoms with Crippen LogP contribution in [0, 0.1) is 17.0 Å². The molecule has 0 saturated heterocycles. The first kappa shape index (κ1) is 18.2. The Labute approximate surface area is 166 Å². The molecule has 1 N–H and O–H groups in total. The van der Waals surface area contributed by atoms with E-state index in [4.69, 9.17) is 4.98 Å². The van der Waals surface area contributed by atoms with Crippen molar-refractivity contribution >= 4 is 28.3 Å². The van der Waals surface area contributed by atoms with Gasteiger partial charge in [-0.15, -0.1) is 0 Å². The summed E-state index contributed by atoms with van der Waals surface area (Å²) in [6.07, 6.45) is 1.11. The summed E-state index contributed by atoms with van der Waals surface area (Å²) in [6, 6.07) is 19.7. The lowest BCUT2D eigenvalue weighted by Gasteiger charge is -2.11. The van der Waals surface area contributed by atoms with E-state index in [1.807, 2.05) is 55.5 Å². The van der Waals surface area contributed by atoms with Crippen LogP contribution in [0.2, 0.25) is 0 Å². The van der Waals surface area contributed by atoms with Crippen LogP contribution in [0.3, 0.4) is 0 Å². The van der Waals surface area contributed by atoms with Gasteiger partial charge in [0.2, 0.25) is 0 Å². The lowest BCUT2D eigenvalue weighted by Crippen LogP contribution is -2.14. The van der Waals surface area contributed by atoms with Crippen molar-refractivity contribution in [3.05, 3.63) is 94.2 Å². The molecule has 4 aromatic rings. The first-order valence-corrected chi connectivity index (χ1v) is 8.90. The van der Waals surface area contributed by atoms with E-state index in [-0.39, 0.29) is 17.4 Å². The van der Waals surface area contributed by atoms with Gasteiger partial charge in [0.05, 0.1) is 21.7 Å². The largest absolute Gasteiger partial charge is 0.307 e. The number of fused-ring (bicyclic) bond motifs is 1.